The van der Waals surface area contributed by atoms with E-state index in [2.05, 4.69) is 0 Å². The van der Waals surface area contributed by atoms with E-state index in [0.717, 1.165) is 21.8 Å². The van der Waals surface area contributed by atoms with Crippen LogP contribution >= 0.6 is 11.8 Å². The Morgan fingerprint density at radius 1 is 1.16 bits per heavy atom. The van der Waals surface area contributed by atoms with E-state index in [0.29, 0.717) is 5.56 Å². The highest BCUT2D eigenvalue weighted by Gasteiger charge is 2.28. The highest BCUT2D eigenvalue weighted by Crippen LogP contribution is 2.43. The van der Waals surface area contributed by atoms with Crippen LogP contribution in [0.3, 0.4) is 0 Å². The largest absolute Gasteiger partial charge is 0.508 e. The average molecular weight is 270 g/mol. The van der Waals surface area contributed by atoms with Crippen LogP contribution in [0.15, 0.2) is 52.3 Å². The summed E-state index contributed by atoms with van der Waals surface area (Å²) in [6.07, 6.45) is 0.788. The summed E-state index contributed by atoms with van der Waals surface area (Å²) < 4.78 is 0. The first-order chi connectivity index (χ1) is 9.20. The van der Waals surface area contributed by atoms with Crippen molar-refractivity contribution in [1.82, 2.24) is 0 Å². The van der Waals surface area contributed by atoms with E-state index < -0.39 is 0 Å². The van der Waals surface area contributed by atoms with E-state index in [9.17, 15) is 9.90 Å². The Morgan fingerprint density at radius 2 is 1.95 bits per heavy atom. The number of hydrogen-bond donors (Lipinski definition) is 1. The smallest absolute Gasteiger partial charge is 0.171 e. The van der Waals surface area contributed by atoms with Gasteiger partial charge < -0.3 is 5.11 Å². The number of benzene rings is 2. The summed E-state index contributed by atoms with van der Waals surface area (Å²) in [7, 11) is 0. The van der Waals surface area contributed by atoms with Gasteiger partial charge >= 0.3 is 0 Å². The van der Waals surface area contributed by atoms with Crippen LogP contribution in [0.1, 0.15) is 35.2 Å². The number of phenols is 1. The van der Waals surface area contributed by atoms with Gasteiger partial charge in [-0.3, -0.25) is 4.79 Å². The molecule has 0 radical (unpaired) electrons. The van der Waals surface area contributed by atoms with Gasteiger partial charge in [-0.15, -0.1) is 0 Å². The number of rotatable bonds is 1. The van der Waals surface area contributed by atoms with Crippen molar-refractivity contribution >= 4 is 17.5 Å². The second-order valence-electron chi connectivity index (χ2n) is 4.65. The Morgan fingerprint density at radius 3 is 2.74 bits per heavy atom. The number of aromatic hydroxyl groups is 1. The fourth-order valence-electron chi connectivity index (χ4n) is 2.51. The van der Waals surface area contributed by atoms with Crippen molar-refractivity contribution < 1.29 is 9.90 Å². The zero-order valence-corrected chi connectivity index (χ0v) is 11.4. The first kappa shape index (κ1) is 12.3. The molecule has 0 saturated heterocycles. The van der Waals surface area contributed by atoms with Gasteiger partial charge in [0.2, 0.25) is 0 Å². The third kappa shape index (κ3) is 2.04. The summed E-state index contributed by atoms with van der Waals surface area (Å²) in [6.45, 7) is 2.04. The summed E-state index contributed by atoms with van der Waals surface area (Å²) in [4.78, 5) is 14.6. The minimum atomic E-state index is -0.0884. The predicted octanol–water partition coefficient (Wildman–Crippen LogP) is 4.23. The fourth-order valence-corrected chi connectivity index (χ4v) is 3.68. The second kappa shape index (κ2) is 4.74. The summed E-state index contributed by atoms with van der Waals surface area (Å²) >= 11 is 1.56. The second-order valence-corrected chi connectivity index (χ2v) is 5.73. The van der Waals surface area contributed by atoms with Crippen LogP contribution in [0.5, 0.6) is 5.75 Å². The third-order valence-corrected chi connectivity index (χ3v) is 4.62. The minimum Gasteiger partial charge on any atom is -0.508 e. The van der Waals surface area contributed by atoms with Gasteiger partial charge in [0.25, 0.3) is 0 Å². The molecule has 1 atom stereocenters. The van der Waals surface area contributed by atoms with E-state index in [1.807, 2.05) is 31.2 Å². The predicted molar refractivity (Wildman–Crippen MR) is 76.0 cm³/mol. The van der Waals surface area contributed by atoms with Crippen molar-refractivity contribution in [2.45, 2.75) is 29.1 Å². The number of phenolic OH excluding ortho intramolecular Hbond substituents is 1. The maximum absolute atomic E-state index is 12.6. The molecule has 1 heterocycles. The quantitative estimate of drug-likeness (QED) is 0.842. The molecule has 1 aliphatic heterocycles. The van der Waals surface area contributed by atoms with Crippen LogP contribution < -0.4 is 0 Å². The van der Waals surface area contributed by atoms with Gasteiger partial charge in [-0.25, -0.2) is 0 Å². The molecule has 3 heteroatoms. The molecule has 2 nitrogen and oxygen atoms in total. The maximum atomic E-state index is 12.6. The molecule has 1 N–H and O–H groups in total. The Kier molecular flexibility index (Phi) is 3.07. The Bertz CT molecular complexity index is 649. The molecule has 0 aromatic heterocycles. The van der Waals surface area contributed by atoms with Crippen molar-refractivity contribution in [2.75, 3.05) is 0 Å². The van der Waals surface area contributed by atoms with Crippen LogP contribution in [0.4, 0.5) is 0 Å². The van der Waals surface area contributed by atoms with Gasteiger partial charge in [0.15, 0.2) is 5.78 Å². The lowest BCUT2D eigenvalue weighted by molar-refractivity contribution is 0.0954. The molecule has 0 unspecified atom stereocenters. The molecule has 3 rings (SSSR count). The van der Waals surface area contributed by atoms with E-state index >= 15 is 0 Å². The van der Waals surface area contributed by atoms with Crippen molar-refractivity contribution in [3.8, 4) is 5.75 Å². The Hall–Kier alpha value is -1.74. The lowest BCUT2D eigenvalue weighted by atomic mass is 9.89. The average Bonchev–Trinajstić information content (AvgIpc) is 2.52. The van der Waals surface area contributed by atoms with Crippen molar-refractivity contribution in [1.29, 1.82) is 0 Å². The zero-order chi connectivity index (χ0) is 13.4. The molecule has 0 fully saturated rings. The van der Waals surface area contributed by atoms with Gasteiger partial charge in [0, 0.05) is 21.3 Å². The number of Topliss-reactive ketones (excluding diaryl/α,β-unsaturated/α-hetero) is 1. The minimum absolute atomic E-state index is 0.0884. The van der Waals surface area contributed by atoms with Gasteiger partial charge in [-0.05, 0) is 36.2 Å². The molecule has 0 spiro atoms. The molecule has 0 amide bonds. The molecule has 0 saturated carbocycles. The highest BCUT2D eigenvalue weighted by atomic mass is 32.2. The maximum Gasteiger partial charge on any atom is 0.171 e. The summed E-state index contributed by atoms with van der Waals surface area (Å²) in [5.41, 5.74) is 1.81. The lowest BCUT2D eigenvalue weighted by Crippen LogP contribution is -2.11. The summed E-state index contributed by atoms with van der Waals surface area (Å²) in [5, 5.41) is 9.61. The number of carbonyl (C=O) groups is 1. The van der Waals surface area contributed by atoms with Crippen molar-refractivity contribution in [2.24, 2.45) is 0 Å². The molecule has 2 aromatic carbocycles. The van der Waals surface area contributed by atoms with Crippen molar-refractivity contribution in [3.05, 3.63) is 53.6 Å². The first-order valence-corrected chi connectivity index (χ1v) is 7.16. The molecule has 19 heavy (non-hydrogen) atoms. The van der Waals surface area contributed by atoms with Crippen LogP contribution in [0, 0.1) is 0 Å². The van der Waals surface area contributed by atoms with Gasteiger partial charge in [-0.2, -0.15) is 0 Å². The van der Waals surface area contributed by atoms with Gasteiger partial charge in [0.1, 0.15) is 5.75 Å². The third-order valence-electron chi connectivity index (χ3n) is 3.47. The molecule has 96 valence electrons. The van der Waals surface area contributed by atoms with Crippen LogP contribution in [0.2, 0.25) is 0 Å². The topological polar surface area (TPSA) is 37.3 Å². The molecule has 1 aliphatic rings. The van der Waals surface area contributed by atoms with Gasteiger partial charge in [0.05, 0.1) is 0 Å². The SMILES string of the molecule is CC[C@@H]1C(=O)c2ccc(O)cc2Sc2ccccc21. The van der Waals surface area contributed by atoms with Crippen LogP contribution in [0.25, 0.3) is 0 Å². The Balaban J connectivity index is 2.23. The van der Waals surface area contributed by atoms with E-state index in [1.54, 1.807) is 30.0 Å². The zero-order valence-electron chi connectivity index (χ0n) is 10.6. The normalized spacial score (nSPS) is 17.5. The number of ketones is 1. The Labute approximate surface area is 116 Å². The molecule has 0 bridgehead atoms. The number of hydrogen-bond acceptors (Lipinski definition) is 3. The highest BCUT2D eigenvalue weighted by molar-refractivity contribution is 7.99. The summed E-state index contributed by atoms with van der Waals surface area (Å²) in [5.74, 6) is 0.260. The standard InChI is InChI=1S/C16H14O2S/c1-2-11-12-5-3-4-6-14(12)19-15-9-10(17)7-8-13(15)16(11)18/h3-9,11,17H,2H2,1H3/t11-/m0/s1. The summed E-state index contributed by atoms with van der Waals surface area (Å²) in [6, 6.07) is 13.0. The first-order valence-electron chi connectivity index (χ1n) is 6.34. The van der Waals surface area contributed by atoms with Gasteiger partial charge in [-0.1, -0.05) is 36.9 Å². The lowest BCUT2D eigenvalue weighted by Gasteiger charge is -2.13. The molecule has 0 aliphatic carbocycles. The van der Waals surface area contributed by atoms with E-state index in [-0.39, 0.29) is 17.5 Å². The van der Waals surface area contributed by atoms with Crippen molar-refractivity contribution in [3.63, 3.8) is 0 Å². The number of fused-ring (bicyclic) bond motifs is 2. The molecule has 2 aromatic rings. The van der Waals surface area contributed by atoms with Crippen LogP contribution in [-0.4, -0.2) is 10.9 Å². The monoisotopic (exact) mass is 270 g/mol. The van der Waals surface area contributed by atoms with Crippen LogP contribution in [-0.2, 0) is 0 Å². The molecular weight excluding hydrogens is 256 g/mol. The van der Waals surface area contributed by atoms with E-state index in [4.69, 9.17) is 0 Å². The number of carbonyl (C=O) groups excluding carboxylic acids is 1. The van der Waals surface area contributed by atoms with E-state index in [1.165, 1.54) is 0 Å². The fraction of sp³-hybridized carbons (Fsp3) is 0.188. The molecular formula is C16H14O2S.